The molecule has 0 spiro atoms. The molecule has 0 N–H and O–H groups in total. The minimum absolute atomic E-state index is 0.197. The first-order valence-electron chi connectivity index (χ1n) is 5.59. The molecule has 2 rings (SSSR count). The maximum Gasteiger partial charge on any atom is 0.246 e. The Hall–Kier alpha value is -1.72. The molecule has 0 radical (unpaired) electrons. The van der Waals surface area contributed by atoms with Crippen molar-refractivity contribution in [1.82, 2.24) is 4.98 Å². The number of aromatic nitrogens is 1. The summed E-state index contributed by atoms with van der Waals surface area (Å²) in [5, 5.41) is 8.43. The standard InChI is InChI=1S/C13H12ClN3OS/c1-9-8-19-13(16-9)17(10(2)18)15-7-11-5-3-4-6-12(11)14/h3-8H,1-2H3/b15-7+. The summed E-state index contributed by atoms with van der Waals surface area (Å²) in [6.45, 7) is 3.32. The Balaban J connectivity index is 2.27. The molecular weight excluding hydrogens is 282 g/mol. The Morgan fingerprint density at radius 2 is 2.21 bits per heavy atom. The number of hydrogen-bond acceptors (Lipinski definition) is 4. The highest BCUT2D eigenvalue weighted by Gasteiger charge is 2.13. The van der Waals surface area contributed by atoms with E-state index >= 15 is 0 Å². The van der Waals surface area contributed by atoms with Gasteiger partial charge >= 0.3 is 0 Å². The fraction of sp³-hybridized carbons (Fsp3) is 0.154. The van der Waals surface area contributed by atoms with Gasteiger partial charge in [0, 0.05) is 22.9 Å². The molecule has 0 atom stereocenters. The van der Waals surface area contributed by atoms with E-state index < -0.39 is 0 Å². The van der Waals surface area contributed by atoms with Crippen molar-refractivity contribution in [3.8, 4) is 0 Å². The molecule has 19 heavy (non-hydrogen) atoms. The van der Waals surface area contributed by atoms with Crippen molar-refractivity contribution in [2.24, 2.45) is 5.10 Å². The SMILES string of the molecule is CC(=O)N(/N=C/c1ccccc1Cl)c1nc(C)cs1. The van der Waals surface area contributed by atoms with Crippen LogP contribution in [0.2, 0.25) is 5.02 Å². The number of amides is 1. The van der Waals surface area contributed by atoms with E-state index in [2.05, 4.69) is 10.1 Å². The Morgan fingerprint density at radius 1 is 1.47 bits per heavy atom. The van der Waals surface area contributed by atoms with E-state index in [0.29, 0.717) is 10.2 Å². The maximum atomic E-state index is 11.6. The molecule has 4 nitrogen and oxygen atoms in total. The third kappa shape index (κ3) is 3.39. The molecule has 1 aromatic heterocycles. The minimum Gasteiger partial charge on any atom is -0.273 e. The molecule has 0 saturated heterocycles. The average Bonchev–Trinajstić information content (AvgIpc) is 2.78. The van der Waals surface area contributed by atoms with Crippen LogP contribution in [0.3, 0.4) is 0 Å². The lowest BCUT2D eigenvalue weighted by Crippen LogP contribution is -2.22. The predicted molar refractivity (Wildman–Crippen MR) is 79.1 cm³/mol. The summed E-state index contributed by atoms with van der Waals surface area (Å²) in [5.74, 6) is -0.197. The average molecular weight is 294 g/mol. The van der Waals surface area contributed by atoms with Gasteiger partial charge in [0.15, 0.2) is 0 Å². The lowest BCUT2D eigenvalue weighted by Gasteiger charge is -2.10. The van der Waals surface area contributed by atoms with Crippen LogP contribution in [0.1, 0.15) is 18.2 Å². The summed E-state index contributed by atoms with van der Waals surface area (Å²) in [6.07, 6.45) is 1.56. The van der Waals surface area contributed by atoms with E-state index in [-0.39, 0.29) is 5.91 Å². The van der Waals surface area contributed by atoms with Crippen LogP contribution in [0.5, 0.6) is 0 Å². The first-order chi connectivity index (χ1) is 9.08. The highest BCUT2D eigenvalue weighted by atomic mass is 35.5. The summed E-state index contributed by atoms with van der Waals surface area (Å²) >= 11 is 7.40. The van der Waals surface area contributed by atoms with Gasteiger partial charge in [-0.2, -0.15) is 10.1 Å². The number of hydrogen-bond donors (Lipinski definition) is 0. The monoisotopic (exact) mass is 293 g/mol. The predicted octanol–water partition coefficient (Wildman–Crippen LogP) is 3.49. The topological polar surface area (TPSA) is 45.6 Å². The van der Waals surface area contributed by atoms with Gasteiger partial charge in [-0.3, -0.25) is 4.79 Å². The lowest BCUT2D eigenvalue weighted by atomic mass is 10.2. The van der Waals surface area contributed by atoms with Crippen molar-refractivity contribution in [2.75, 3.05) is 5.01 Å². The number of anilines is 1. The number of benzene rings is 1. The summed E-state index contributed by atoms with van der Waals surface area (Å²) in [6, 6.07) is 7.30. The molecule has 0 bridgehead atoms. The second-order valence-corrected chi connectivity index (χ2v) is 5.11. The molecule has 2 aromatic rings. The molecule has 0 aliphatic carbocycles. The summed E-state index contributed by atoms with van der Waals surface area (Å²) in [7, 11) is 0. The molecule has 1 aromatic carbocycles. The van der Waals surface area contributed by atoms with Crippen molar-refractivity contribution in [1.29, 1.82) is 0 Å². The minimum atomic E-state index is -0.197. The fourth-order valence-corrected chi connectivity index (χ4v) is 2.39. The molecule has 0 saturated carbocycles. The van der Waals surface area contributed by atoms with E-state index in [1.807, 2.05) is 30.5 Å². The van der Waals surface area contributed by atoms with Gasteiger partial charge in [-0.05, 0) is 13.0 Å². The molecule has 0 aliphatic rings. The van der Waals surface area contributed by atoms with Crippen LogP contribution >= 0.6 is 22.9 Å². The second kappa shape index (κ2) is 5.95. The number of carbonyl (C=O) groups is 1. The molecule has 6 heteroatoms. The summed E-state index contributed by atoms with van der Waals surface area (Å²) in [4.78, 5) is 15.8. The molecule has 1 heterocycles. The molecule has 0 aliphatic heterocycles. The van der Waals surface area contributed by atoms with E-state index in [9.17, 15) is 4.79 Å². The van der Waals surface area contributed by atoms with Crippen LogP contribution < -0.4 is 5.01 Å². The van der Waals surface area contributed by atoms with Crippen molar-refractivity contribution in [3.05, 3.63) is 45.9 Å². The van der Waals surface area contributed by atoms with Crippen LogP contribution in [-0.2, 0) is 4.79 Å². The number of halogens is 1. The van der Waals surface area contributed by atoms with E-state index in [4.69, 9.17) is 11.6 Å². The zero-order valence-corrected chi connectivity index (χ0v) is 12.1. The fourth-order valence-electron chi connectivity index (χ4n) is 1.40. The lowest BCUT2D eigenvalue weighted by molar-refractivity contribution is -0.116. The Labute approximate surface area is 120 Å². The second-order valence-electron chi connectivity index (χ2n) is 3.87. The number of rotatable bonds is 3. The summed E-state index contributed by atoms with van der Waals surface area (Å²) in [5.41, 5.74) is 1.61. The van der Waals surface area contributed by atoms with Crippen molar-refractivity contribution in [2.45, 2.75) is 13.8 Å². The number of nitrogens with zero attached hydrogens (tertiary/aromatic N) is 3. The molecule has 1 amide bonds. The van der Waals surface area contributed by atoms with Gasteiger partial charge in [-0.1, -0.05) is 29.8 Å². The molecule has 98 valence electrons. The molecule has 0 unspecified atom stereocenters. The Bertz CT molecular complexity index is 624. The van der Waals surface area contributed by atoms with Crippen molar-refractivity contribution in [3.63, 3.8) is 0 Å². The van der Waals surface area contributed by atoms with Crippen LogP contribution in [0.4, 0.5) is 5.13 Å². The zero-order chi connectivity index (χ0) is 13.8. The van der Waals surface area contributed by atoms with Gasteiger partial charge in [0.2, 0.25) is 11.0 Å². The first kappa shape index (κ1) is 13.7. The highest BCUT2D eigenvalue weighted by Crippen LogP contribution is 2.21. The smallest absolute Gasteiger partial charge is 0.246 e. The van der Waals surface area contributed by atoms with Gasteiger partial charge < -0.3 is 0 Å². The maximum absolute atomic E-state index is 11.6. The van der Waals surface area contributed by atoms with E-state index in [0.717, 1.165) is 11.3 Å². The van der Waals surface area contributed by atoms with Gasteiger partial charge in [0.05, 0.1) is 11.9 Å². The van der Waals surface area contributed by atoms with Crippen molar-refractivity contribution < 1.29 is 4.79 Å². The molecular formula is C13H12ClN3OS. The van der Waals surface area contributed by atoms with Crippen molar-refractivity contribution >= 4 is 40.2 Å². The third-order valence-electron chi connectivity index (χ3n) is 2.30. The van der Waals surface area contributed by atoms with Crippen LogP contribution in [0.15, 0.2) is 34.7 Å². The first-order valence-corrected chi connectivity index (χ1v) is 6.85. The number of thiazole rings is 1. The quantitative estimate of drug-likeness (QED) is 0.642. The normalized spacial score (nSPS) is 10.9. The highest BCUT2D eigenvalue weighted by molar-refractivity contribution is 7.14. The van der Waals surface area contributed by atoms with Gasteiger partial charge in [0.25, 0.3) is 0 Å². The number of aryl methyl sites for hydroxylation is 1. The zero-order valence-electron chi connectivity index (χ0n) is 10.5. The number of hydrazone groups is 1. The Morgan fingerprint density at radius 3 is 2.79 bits per heavy atom. The Kier molecular flexibility index (Phi) is 4.29. The van der Waals surface area contributed by atoms with E-state index in [1.165, 1.54) is 23.3 Å². The number of carbonyl (C=O) groups excluding carboxylic acids is 1. The van der Waals surface area contributed by atoms with Crippen LogP contribution in [0, 0.1) is 6.92 Å². The largest absolute Gasteiger partial charge is 0.273 e. The van der Waals surface area contributed by atoms with Gasteiger partial charge in [0.1, 0.15) is 0 Å². The van der Waals surface area contributed by atoms with Crippen LogP contribution in [-0.4, -0.2) is 17.1 Å². The molecule has 0 fully saturated rings. The van der Waals surface area contributed by atoms with E-state index in [1.54, 1.807) is 12.3 Å². The third-order valence-corrected chi connectivity index (χ3v) is 3.58. The van der Waals surface area contributed by atoms with Gasteiger partial charge in [-0.25, -0.2) is 4.98 Å². The summed E-state index contributed by atoms with van der Waals surface area (Å²) < 4.78 is 0. The van der Waals surface area contributed by atoms with Gasteiger partial charge in [-0.15, -0.1) is 11.3 Å². The van der Waals surface area contributed by atoms with Crippen LogP contribution in [0.25, 0.3) is 0 Å².